The predicted octanol–water partition coefficient (Wildman–Crippen LogP) is 5.46. The fraction of sp³-hybridized carbons (Fsp3) is 0.400. The first kappa shape index (κ1) is 20.0. The van der Waals surface area contributed by atoms with Crippen LogP contribution in [0.5, 0.6) is 5.75 Å². The smallest absolute Gasteiger partial charge is 0.193 e. The standard InChI is InChI=1S/C25H25BrO4/c1-24(2)20-11-16(28-12-17-13-29-25(3,4)30-17)6-8-19(20)23(27)22-18-7-5-15(26)9-14(18)10-21(22)24/h5-9,11,17H,10,12-13H2,1-4H3/t17-/m0/s1. The summed E-state index contributed by atoms with van der Waals surface area (Å²) in [7, 11) is 0. The second-order valence-corrected chi connectivity index (χ2v) is 10.2. The van der Waals surface area contributed by atoms with Crippen LogP contribution in [0.3, 0.4) is 0 Å². The van der Waals surface area contributed by atoms with Gasteiger partial charge in [-0.3, -0.25) is 4.79 Å². The molecule has 5 heteroatoms. The van der Waals surface area contributed by atoms with Crippen LogP contribution in [-0.2, 0) is 21.3 Å². The topological polar surface area (TPSA) is 44.8 Å². The maximum atomic E-state index is 13.4. The van der Waals surface area contributed by atoms with E-state index in [1.165, 1.54) is 11.1 Å². The van der Waals surface area contributed by atoms with Crippen molar-refractivity contribution < 1.29 is 19.0 Å². The molecular weight excluding hydrogens is 444 g/mol. The number of allylic oxidation sites excluding steroid dienone is 2. The summed E-state index contributed by atoms with van der Waals surface area (Å²) in [6.07, 6.45) is 0.707. The Morgan fingerprint density at radius 1 is 1.10 bits per heavy atom. The Morgan fingerprint density at radius 3 is 2.60 bits per heavy atom. The lowest BCUT2D eigenvalue weighted by molar-refractivity contribution is -0.141. The Balaban J connectivity index is 1.45. The van der Waals surface area contributed by atoms with E-state index in [0.717, 1.165) is 38.9 Å². The van der Waals surface area contributed by atoms with Gasteiger partial charge in [-0.05, 0) is 72.9 Å². The summed E-state index contributed by atoms with van der Waals surface area (Å²) in [6.45, 7) is 9.16. The summed E-state index contributed by atoms with van der Waals surface area (Å²) in [6, 6.07) is 12.0. The molecule has 30 heavy (non-hydrogen) atoms. The highest BCUT2D eigenvalue weighted by Crippen LogP contribution is 2.50. The zero-order valence-electron chi connectivity index (χ0n) is 17.7. The number of carbonyl (C=O) groups is 1. The molecular formula is C25H25BrO4. The molecule has 1 saturated heterocycles. The lowest BCUT2D eigenvalue weighted by Crippen LogP contribution is -2.30. The average molecular weight is 469 g/mol. The van der Waals surface area contributed by atoms with Crippen molar-refractivity contribution >= 4 is 27.3 Å². The van der Waals surface area contributed by atoms with Gasteiger partial charge in [0.05, 0.1) is 6.61 Å². The molecule has 4 nitrogen and oxygen atoms in total. The first-order valence-electron chi connectivity index (χ1n) is 10.3. The van der Waals surface area contributed by atoms with Crippen LogP contribution in [0.15, 0.2) is 46.4 Å². The molecule has 1 fully saturated rings. The second kappa shape index (κ2) is 6.78. The zero-order valence-corrected chi connectivity index (χ0v) is 19.3. The quantitative estimate of drug-likeness (QED) is 0.599. The SMILES string of the molecule is CC1(C)OC[C@H](COc2ccc3c(c2)C(C)(C)C2=C(C3=O)c3ccc(Br)cc3C2)O1. The predicted molar refractivity (Wildman–Crippen MR) is 119 cm³/mol. The summed E-state index contributed by atoms with van der Waals surface area (Å²) >= 11 is 3.56. The van der Waals surface area contributed by atoms with Gasteiger partial charge < -0.3 is 14.2 Å². The van der Waals surface area contributed by atoms with Gasteiger partial charge in [0, 0.05) is 21.0 Å². The lowest BCUT2D eigenvalue weighted by Gasteiger charge is -2.34. The van der Waals surface area contributed by atoms with E-state index in [4.69, 9.17) is 14.2 Å². The molecule has 2 aliphatic carbocycles. The molecule has 0 aromatic heterocycles. The van der Waals surface area contributed by atoms with Gasteiger partial charge in [-0.1, -0.05) is 35.8 Å². The van der Waals surface area contributed by atoms with Crippen LogP contribution in [0.4, 0.5) is 0 Å². The maximum absolute atomic E-state index is 13.4. The summed E-state index contributed by atoms with van der Waals surface area (Å²) in [5.41, 5.74) is 5.89. The van der Waals surface area contributed by atoms with E-state index in [1.54, 1.807) is 0 Å². The third-order valence-electron chi connectivity index (χ3n) is 6.40. The highest BCUT2D eigenvalue weighted by molar-refractivity contribution is 9.10. The molecule has 2 aromatic rings. The monoisotopic (exact) mass is 468 g/mol. The van der Waals surface area contributed by atoms with Gasteiger partial charge in [0.15, 0.2) is 11.6 Å². The summed E-state index contributed by atoms with van der Waals surface area (Å²) in [5, 5.41) is 0. The zero-order chi connectivity index (χ0) is 21.3. The number of rotatable bonds is 3. The summed E-state index contributed by atoms with van der Waals surface area (Å²) in [4.78, 5) is 13.4. The minimum Gasteiger partial charge on any atom is -0.491 e. The Bertz CT molecular complexity index is 1100. The average Bonchev–Trinajstić information content (AvgIpc) is 3.24. The number of benzene rings is 2. The number of hydrogen-bond acceptors (Lipinski definition) is 4. The van der Waals surface area contributed by atoms with Crippen LogP contribution >= 0.6 is 15.9 Å². The van der Waals surface area contributed by atoms with Gasteiger partial charge in [-0.15, -0.1) is 0 Å². The Kier molecular flexibility index (Phi) is 4.51. The van der Waals surface area contributed by atoms with Gasteiger partial charge in [0.1, 0.15) is 18.5 Å². The third kappa shape index (κ3) is 3.15. The van der Waals surface area contributed by atoms with Gasteiger partial charge in [0.2, 0.25) is 0 Å². The number of Topliss-reactive ketones (excluding diaryl/α,β-unsaturated/α-hetero) is 1. The Hall–Kier alpha value is -1.95. The first-order chi connectivity index (χ1) is 14.2. The van der Waals surface area contributed by atoms with E-state index in [-0.39, 0.29) is 17.3 Å². The summed E-state index contributed by atoms with van der Waals surface area (Å²) < 4.78 is 18.5. The van der Waals surface area contributed by atoms with Crippen LogP contribution < -0.4 is 4.74 Å². The van der Waals surface area contributed by atoms with E-state index >= 15 is 0 Å². The molecule has 1 aliphatic heterocycles. The van der Waals surface area contributed by atoms with Crippen molar-refractivity contribution in [2.75, 3.05) is 13.2 Å². The largest absolute Gasteiger partial charge is 0.491 e. The summed E-state index contributed by atoms with van der Waals surface area (Å²) in [5.74, 6) is 0.305. The molecule has 0 amide bonds. The molecule has 0 N–H and O–H groups in total. The number of halogens is 1. The van der Waals surface area contributed by atoms with Crippen molar-refractivity contribution in [1.82, 2.24) is 0 Å². The van der Waals surface area contributed by atoms with E-state index in [0.29, 0.717) is 13.2 Å². The van der Waals surface area contributed by atoms with Gasteiger partial charge in [-0.2, -0.15) is 0 Å². The molecule has 0 radical (unpaired) electrons. The number of ketones is 1. The minimum atomic E-state index is -0.562. The molecule has 0 saturated carbocycles. The van der Waals surface area contributed by atoms with Gasteiger partial charge in [0.25, 0.3) is 0 Å². The molecule has 0 unspecified atom stereocenters. The van der Waals surface area contributed by atoms with Crippen LogP contribution in [0.25, 0.3) is 5.57 Å². The number of hydrogen-bond donors (Lipinski definition) is 0. The van der Waals surface area contributed by atoms with E-state index < -0.39 is 5.79 Å². The molecule has 1 atom stereocenters. The maximum Gasteiger partial charge on any atom is 0.193 e. The van der Waals surface area contributed by atoms with Crippen LogP contribution in [0, 0.1) is 0 Å². The fourth-order valence-corrected chi connectivity index (χ4v) is 5.25. The van der Waals surface area contributed by atoms with Gasteiger partial charge in [-0.25, -0.2) is 0 Å². The van der Waals surface area contributed by atoms with Crippen LogP contribution in [-0.4, -0.2) is 30.9 Å². The fourth-order valence-electron chi connectivity index (χ4n) is 4.85. The highest BCUT2D eigenvalue weighted by Gasteiger charge is 2.43. The number of fused-ring (bicyclic) bond motifs is 3. The molecule has 5 rings (SSSR count). The molecule has 2 aromatic carbocycles. The van der Waals surface area contributed by atoms with E-state index in [9.17, 15) is 4.79 Å². The normalized spacial score (nSPS) is 23.2. The van der Waals surface area contributed by atoms with E-state index in [1.807, 2.05) is 38.1 Å². The Labute approximate surface area is 185 Å². The minimum absolute atomic E-state index is 0.0947. The van der Waals surface area contributed by atoms with E-state index in [2.05, 4.69) is 41.9 Å². The Morgan fingerprint density at radius 2 is 1.87 bits per heavy atom. The molecule has 1 heterocycles. The molecule has 0 bridgehead atoms. The second-order valence-electron chi connectivity index (χ2n) is 9.26. The third-order valence-corrected chi connectivity index (χ3v) is 6.89. The number of ether oxygens (including phenoxy) is 3. The van der Waals surface area contributed by atoms with Gasteiger partial charge >= 0.3 is 0 Å². The molecule has 156 valence electrons. The lowest BCUT2D eigenvalue weighted by atomic mass is 9.68. The molecule has 0 spiro atoms. The molecule has 3 aliphatic rings. The number of carbonyl (C=O) groups excluding carboxylic acids is 1. The van der Waals surface area contributed by atoms with Crippen molar-refractivity contribution in [2.24, 2.45) is 0 Å². The van der Waals surface area contributed by atoms with Crippen LogP contribution in [0.2, 0.25) is 0 Å². The first-order valence-corrected chi connectivity index (χ1v) is 11.1. The van der Waals surface area contributed by atoms with Crippen molar-refractivity contribution in [3.05, 3.63) is 68.7 Å². The highest BCUT2D eigenvalue weighted by atomic mass is 79.9. The van der Waals surface area contributed by atoms with Crippen molar-refractivity contribution in [3.63, 3.8) is 0 Å². The van der Waals surface area contributed by atoms with Crippen molar-refractivity contribution in [3.8, 4) is 5.75 Å². The van der Waals surface area contributed by atoms with Crippen LogP contribution in [0.1, 0.15) is 54.7 Å². The van der Waals surface area contributed by atoms with Crippen molar-refractivity contribution in [1.29, 1.82) is 0 Å². The van der Waals surface area contributed by atoms with Crippen molar-refractivity contribution in [2.45, 2.75) is 51.4 Å².